The third-order valence-electron chi connectivity index (χ3n) is 12.9. The monoisotopic (exact) mass is 769 g/mol. The van der Waals surface area contributed by atoms with Crippen LogP contribution in [0, 0.1) is 6.92 Å². The molecule has 1 unspecified atom stereocenters. The maximum atomic E-state index is 5.72. The highest BCUT2D eigenvalue weighted by molar-refractivity contribution is 6.08. The number of allylic oxidation sites excluding steroid dienone is 3. The standard InChI is InChI=1S/C59H47N/c1-40-34-35-47(57-37-36-49(45-24-11-6-12-25-45)42(3)58(60-57)48-27-19-26-46(38-48)44-22-9-5-10-23-44)39-56(40)59(54-32-17-14-29-51(54)52-30-15-18-33-55(52)59)53-31-16-13-28-50(53)41(2)43-20-7-4-8-21-43/h4-36,38-39,41H,37H2,1-3H3. The first-order chi connectivity index (χ1) is 29.5. The van der Waals surface area contributed by atoms with E-state index in [1.807, 2.05) is 0 Å². The van der Waals surface area contributed by atoms with Crippen LogP contribution in [0.4, 0.5) is 0 Å². The van der Waals surface area contributed by atoms with Crippen LogP contribution in [0.25, 0.3) is 33.5 Å². The first kappa shape index (κ1) is 37.2. The molecule has 1 aliphatic carbocycles. The summed E-state index contributed by atoms with van der Waals surface area (Å²) in [5, 5.41) is 0. The van der Waals surface area contributed by atoms with Crippen molar-refractivity contribution in [2.75, 3.05) is 0 Å². The van der Waals surface area contributed by atoms with E-state index in [-0.39, 0.29) is 5.92 Å². The van der Waals surface area contributed by atoms with Gasteiger partial charge in [-0.25, -0.2) is 0 Å². The number of aryl methyl sites for hydroxylation is 1. The van der Waals surface area contributed by atoms with E-state index in [4.69, 9.17) is 4.99 Å². The molecule has 288 valence electrons. The zero-order chi connectivity index (χ0) is 40.6. The molecule has 0 radical (unpaired) electrons. The highest BCUT2D eigenvalue weighted by Crippen LogP contribution is 2.58. The SMILES string of the molecule is CC1=C(c2cccc(-c3ccccc3)c2)N=C(c2ccc(C)c(C3(c4ccccc4C(C)c4ccccc4)c4ccccc4-c4ccccc43)c2)CC=C1c1ccccc1. The van der Waals surface area contributed by atoms with Crippen LogP contribution in [0.15, 0.2) is 223 Å². The predicted molar refractivity (Wildman–Crippen MR) is 252 cm³/mol. The fraction of sp³-hybridized carbons (Fsp3) is 0.102. The molecule has 60 heavy (non-hydrogen) atoms. The first-order valence-electron chi connectivity index (χ1n) is 21.2. The minimum absolute atomic E-state index is 0.179. The van der Waals surface area contributed by atoms with Gasteiger partial charge in [-0.3, -0.25) is 4.99 Å². The number of rotatable bonds is 8. The van der Waals surface area contributed by atoms with Gasteiger partial charge in [-0.15, -0.1) is 0 Å². The maximum Gasteiger partial charge on any atom is 0.0741 e. The number of hydrogen-bond acceptors (Lipinski definition) is 1. The Bertz CT molecular complexity index is 2920. The van der Waals surface area contributed by atoms with Gasteiger partial charge in [0.05, 0.1) is 16.8 Å². The Kier molecular flexibility index (Phi) is 9.66. The van der Waals surface area contributed by atoms with Crippen LogP contribution in [-0.4, -0.2) is 5.71 Å². The summed E-state index contributed by atoms with van der Waals surface area (Å²) in [4.78, 5) is 5.72. The van der Waals surface area contributed by atoms with Crippen molar-refractivity contribution in [2.45, 2.75) is 38.5 Å². The number of hydrogen-bond donors (Lipinski definition) is 0. The fourth-order valence-electron chi connectivity index (χ4n) is 9.94. The summed E-state index contributed by atoms with van der Waals surface area (Å²) in [6.07, 6.45) is 3.09. The summed E-state index contributed by atoms with van der Waals surface area (Å²) in [7, 11) is 0. The Morgan fingerprint density at radius 2 is 1.00 bits per heavy atom. The molecular formula is C59H47N. The smallest absolute Gasteiger partial charge is 0.0741 e. The maximum absolute atomic E-state index is 5.72. The van der Waals surface area contributed by atoms with Crippen LogP contribution in [-0.2, 0) is 5.41 Å². The van der Waals surface area contributed by atoms with E-state index in [1.165, 1.54) is 77.9 Å². The average molecular weight is 770 g/mol. The highest BCUT2D eigenvalue weighted by atomic mass is 14.8. The Labute approximate surface area is 354 Å². The number of benzene rings is 8. The van der Waals surface area contributed by atoms with Crippen LogP contribution in [0.5, 0.6) is 0 Å². The van der Waals surface area contributed by atoms with Crippen LogP contribution >= 0.6 is 0 Å². The van der Waals surface area contributed by atoms with Crippen molar-refractivity contribution >= 4 is 17.0 Å². The fourth-order valence-corrected chi connectivity index (χ4v) is 9.94. The minimum Gasteiger partial charge on any atom is -0.252 e. The van der Waals surface area contributed by atoms with Crippen molar-refractivity contribution < 1.29 is 0 Å². The lowest BCUT2D eigenvalue weighted by molar-refractivity contribution is 0.734. The van der Waals surface area contributed by atoms with Gasteiger partial charge in [-0.1, -0.05) is 207 Å². The lowest BCUT2D eigenvalue weighted by atomic mass is 9.64. The minimum atomic E-state index is -0.568. The quantitative estimate of drug-likeness (QED) is 0.146. The van der Waals surface area contributed by atoms with Crippen molar-refractivity contribution in [3.05, 3.63) is 274 Å². The van der Waals surface area contributed by atoms with Crippen molar-refractivity contribution in [1.29, 1.82) is 0 Å². The van der Waals surface area contributed by atoms with Crippen molar-refractivity contribution in [3.8, 4) is 22.3 Å². The molecule has 1 nitrogen and oxygen atoms in total. The third-order valence-corrected chi connectivity index (χ3v) is 12.9. The predicted octanol–water partition coefficient (Wildman–Crippen LogP) is 14.9. The summed E-state index contributed by atoms with van der Waals surface area (Å²) in [5.74, 6) is 0.179. The summed E-state index contributed by atoms with van der Waals surface area (Å²) in [6, 6.07) is 75.7. The van der Waals surface area contributed by atoms with Gasteiger partial charge in [-0.2, -0.15) is 0 Å². The molecule has 8 aromatic carbocycles. The molecule has 0 bridgehead atoms. The van der Waals surface area contributed by atoms with Gasteiger partial charge in [0.1, 0.15) is 0 Å². The van der Waals surface area contributed by atoms with Crippen molar-refractivity contribution in [3.63, 3.8) is 0 Å². The molecule has 8 aromatic rings. The molecule has 0 N–H and O–H groups in total. The third kappa shape index (κ3) is 6.30. The summed E-state index contributed by atoms with van der Waals surface area (Å²) in [6.45, 7) is 6.89. The van der Waals surface area contributed by atoms with E-state index < -0.39 is 5.41 Å². The second kappa shape index (κ2) is 15.6. The molecule has 10 rings (SSSR count). The second-order valence-electron chi connectivity index (χ2n) is 16.3. The second-order valence-corrected chi connectivity index (χ2v) is 16.3. The van der Waals surface area contributed by atoms with E-state index in [0.29, 0.717) is 6.42 Å². The lowest BCUT2D eigenvalue weighted by Crippen LogP contribution is -2.31. The molecular weight excluding hydrogens is 723 g/mol. The molecule has 0 saturated carbocycles. The van der Waals surface area contributed by atoms with Gasteiger partial charge in [0.2, 0.25) is 0 Å². The summed E-state index contributed by atoms with van der Waals surface area (Å²) < 4.78 is 0. The van der Waals surface area contributed by atoms with E-state index in [9.17, 15) is 0 Å². The molecule has 2 aliphatic rings. The molecule has 1 heteroatoms. The highest BCUT2D eigenvalue weighted by Gasteiger charge is 2.48. The van der Waals surface area contributed by atoms with E-state index in [2.05, 4.69) is 233 Å². The number of aliphatic imine (C=N–C) groups is 1. The molecule has 0 spiro atoms. The van der Waals surface area contributed by atoms with Gasteiger partial charge < -0.3 is 0 Å². The van der Waals surface area contributed by atoms with Gasteiger partial charge in [0, 0.05) is 17.9 Å². The van der Waals surface area contributed by atoms with Gasteiger partial charge in [0.25, 0.3) is 0 Å². The number of fused-ring (bicyclic) bond motifs is 3. The van der Waals surface area contributed by atoms with Crippen LogP contribution in [0.3, 0.4) is 0 Å². The largest absolute Gasteiger partial charge is 0.252 e. The van der Waals surface area contributed by atoms with Gasteiger partial charge in [0.15, 0.2) is 0 Å². The van der Waals surface area contributed by atoms with E-state index in [0.717, 1.165) is 22.5 Å². The van der Waals surface area contributed by atoms with E-state index >= 15 is 0 Å². The van der Waals surface area contributed by atoms with Crippen LogP contribution < -0.4 is 0 Å². The van der Waals surface area contributed by atoms with Gasteiger partial charge in [-0.05, 0) is 109 Å². The Hall–Kier alpha value is -7.09. The Morgan fingerprint density at radius 3 is 1.68 bits per heavy atom. The first-order valence-corrected chi connectivity index (χ1v) is 21.2. The molecule has 0 amide bonds. The van der Waals surface area contributed by atoms with Crippen molar-refractivity contribution in [1.82, 2.24) is 0 Å². The molecule has 0 fully saturated rings. The average Bonchev–Trinajstić information content (AvgIpc) is 3.50. The zero-order valence-electron chi connectivity index (χ0n) is 34.4. The van der Waals surface area contributed by atoms with Crippen molar-refractivity contribution in [2.24, 2.45) is 4.99 Å². The Morgan fingerprint density at radius 1 is 0.450 bits per heavy atom. The topological polar surface area (TPSA) is 12.4 Å². The van der Waals surface area contributed by atoms with Crippen LogP contribution in [0.1, 0.15) is 81.8 Å². The molecule has 1 atom stereocenters. The van der Waals surface area contributed by atoms with Crippen LogP contribution in [0.2, 0.25) is 0 Å². The molecule has 1 aliphatic heterocycles. The number of nitrogens with zero attached hydrogens (tertiary/aromatic N) is 1. The molecule has 0 saturated heterocycles. The molecule has 0 aromatic heterocycles. The van der Waals surface area contributed by atoms with E-state index in [1.54, 1.807) is 0 Å². The molecule has 1 heterocycles. The Balaban J connectivity index is 1.21. The summed E-state index contributed by atoms with van der Waals surface area (Å²) in [5.41, 5.74) is 21.5. The lowest BCUT2D eigenvalue weighted by Gasteiger charge is -2.38. The van der Waals surface area contributed by atoms with Gasteiger partial charge >= 0.3 is 0 Å². The zero-order valence-corrected chi connectivity index (χ0v) is 34.4. The summed E-state index contributed by atoms with van der Waals surface area (Å²) >= 11 is 0. The normalized spacial score (nSPS) is 14.7.